The van der Waals surface area contributed by atoms with Crippen molar-refractivity contribution in [2.45, 2.75) is 58.3 Å². The zero-order valence-corrected chi connectivity index (χ0v) is 31.0. The maximum absolute atomic E-state index is 15.4. The Morgan fingerprint density at radius 3 is 2.18 bits per heavy atom. The molecule has 0 aromatic heterocycles. The van der Waals surface area contributed by atoms with Gasteiger partial charge in [-0.25, -0.2) is 4.79 Å². The fraction of sp³-hybridized carbons (Fsp3) is 0.209. The smallest absolute Gasteiger partial charge is 0.411 e. The maximum Gasteiger partial charge on any atom is 0.411 e. The summed E-state index contributed by atoms with van der Waals surface area (Å²) in [7, 11) is 0. The third-order valence-corrected chi connectivity index (χ3v) is 9.02. The van der Waals surface area contributed by atoms with Gasteiger partial charge in [0, 0.05) is 40.5 Å². The summed E-state index contributed by atoms with van der Waals surface area (Å²) in [5.41, 5.74) is 4.64. The number of aryl methyl sites for hydroxylation is 2. The van der Waals surface area contributed by atoms with Gasteiger partial charge in [0.25, 0.3) is 5.91 Å². The van der Waals surface area contributed by atoms with Crippen molar-refractivity contribution in [3.05, 3.63) is 165 Å². The number of esters is 1. The van der Waals surface area contributed by atoms with Crippen LogP contribution in [0.4, 0.5) is 25.0 Å². The Morgan fingerprint density at radius 1 is 0.782 bits per heavy atom. The van der Waals surface area contributed by atoms with Gasteiger partial charge in [-0.3, -0.25) is 19.7 Å². The molecule has 1 unspecified atom stereocenters. The Morgan fingerprint density at radius 2 is 1.47 bits per heavy atom. The first-order valence-corrected chi connectivity index (χ1v) is 17.9. The molecule has 0 aliphatic heterocycles. The number of hydrogen-bond donors (Lipinski definition) is 3. The third-order valence-electron chi connectivity index (χ3n) is 8.67. The van der Waals surface area contributed by atoms with E-state index in [0.717, 1.165) is 23.6 Å². The molecule has 0 saturated carbocycles. The number of para-hydroxylation sites is 1. The molecule has 0 aliphatic rings. The highest BCUT2D eigenvalue weighted by Gasteiger charge is 2.41. The first-order chi connectivity index (χ1) is 26.4. The maximum atomic E-state index is 15.4. The number of anilines is 2. The number of benzene rings is 5. The third kappa shape index (κ3) is 11.7. The van der Waals surface area contributed by atoms with Crippen LogP contribution in [0.25, 0.3) is 0 Å². The summed E-state index contributed by atoms with van der Waals surface area (Å²) in [4.78, 5) is 50.3. The van der Waals surface area contributed by atoms with E-state index in [0.29, 0.717) is 33.1 Å². The number of hydrogen-bond acceptors (Lipinski definition) is 6. The molecule has 12 heteroatoms. The second kappa shape index (κ2) is 18.8. The van der Waals surface area contributed by atoms with E-state index in [1.165, 1.54) is 24.3 Å². The summed E-state index contributed by atoms with van der Waals surface area (Å²) in [6.07, 6.45) is -2.61. The van der Waals surface area contributed by atoms with E-state index in [9.17, 15) is 19.2 Å². The molecule has 284 valence electrons. The van der Waals surface area contributed by atoms with Crippen molar-refractivity contribution in [3.63, 3.8) is 0 Å². The van der Waals surface area contributed by atoms with Gasteiger partial charge in [0.05, 0.1) is 6.42 Å². The molecule has 0 radical (unpaired) electrons. The van der Waals surface area contributed by atoms with Gasteiger partial charge in [-0.05, 0) is 84.5 Å². The van der Waals surface area contributed by atoms with Gasteiger partial charge < -0.3 is 20.1 Å². The predicted octanol–water partition coefficient (Wildman–Crippen LogP) is 9.16. The Bertz CT molecular complexity index is 2110. The number of halogens is 3. The molecular formula is C43H40ClF2N3O6. The Balaban J connectivity index is 1.06. The minimum absolute atomic E-state index is 0.0807. The highest BCUT2D eigenvalue weighted by atomic mass is 35.5. The van der Waals surface area contributed by atoms with Crippen LogP contribution in [-0.4, -0.2) is 30.0 Å². The van der Waals surface area contributed by atoms with Gasteiger partial charge >= 0.3 is 18.0 Å². The molecule has 0 heterocycles. The van der Waals surface area contributed by atoms with Crippen LogP contribution in [0.15, 0.2) is 121 Å². The average Bonchev–Trinajstić information content (AvgIpc) is 3.17. The molecule has 0 bridgehead atoms. The molecule has 1 atom stereocenters. The quantitative estimate of drug-likeness (QED) is 0.0914. The summed E-state index contributed by atoms with van der Waals surface area (Å²) in [5, 5.41) is 8.79. The van der Waals surface area contributed by atoms with E-state index in [1.54, 1.807) is 48.5 Å². The molecular weight excluding hydrogens is 728 g/mol. The average molecular weight is 768 g/mol. The molecule has 0 spiro atoms. The summed E-state index contributed by atoms with van der Waals surface area (Å²) in [5.74, 6) is -5.03. The van der Waals surface area contributed by atoms with Crippen LogP contribution in [0, 0.1) is 6.92 Å². The number of carbonyl (C=O) groups is 4. The van der Waals surface area contributed by atoms with E-state index < -0.39 is 24.1 Å². The lowest BCUT2D eigenvalue weighted by Crippen LogP contribution is -2.33. The topological polar surface area (TPSA) is 123 Å². The van der Waals surface area contributed by atoms with E-state index in [-0.39, 0.29) is 49.8 Å². The standard InChI is InChI=1S/C43H40ClF2N3O6/c1-28-12-15-34(37(44)24-28)26-47-41(52)33-16-21-36(22-17-33)48-39(50)25-30-13-19-35(20-14-30)43(45,46)29(2)55-40(51)23-18-32-10-6-7-11-38(32)49-42(53)54-27-31-8-4-3-5-9-31/h3-17,19-22,24,29H,18,23,25-27H2,1-2H3,(H,47,52)(H,48,50)(H,49,53). The Hall–Kier alpha value is -6.07. The van der Waals surface area contributed by atoms with Crippen LogP contribution in [-0.2, 0) is 51.0 Å². The Labute approximate surface area is 323 Å². The lowest BCUT2D eigenvalue weighted by atomic mass is 10.0. The van der Waals surface area contributed by atoms with Crippen molar-refractivity contribution in [1.82, 2.24) is 5.32 Å². The highest BCUT2D eigenvalue weighted by molar-refractivity contribution is 6.31. The van der Waals surface area contributed by atoms with E-state index >= 15 is 8.78 Å². The van der Waals surface area contributed by atoms with Gasteiger partial charge in [-0.15, -0.1) is 0 Å². The number of ether oxygens (including phenoxy) is 2. The van der Waals surface area contributed by atoms with E-state index in [4.69, 9.17) is 21.1 Å². The fourth-order valence-corrected chi connectivity index (χ4v) is 5.85. The number of nitrogens with one attached hydrogen (secondary N) is 3. The van der Waals surface area contributed by atoms with Crippen molar-refractivity contribution in [1.29, 1.82) is 0 Å². The molecule has 0 saturated heterocycles. The van der Waals surface area contributed by atoms with Crippen molar-refractivity contribution in [2.75, 3.05) is 10.6 Å². The second-order valence-corrected chi connectivity index (χ2v) is 13.3. The molecule has 3 N–H and O–H groups in total. The summed E-state index contributed by atoms with van der Waals surface area (Å²) in [6.45, 7) is 3.39. The lowest BCUT2D eigenvalue weighted by molar-refractivity contribution is -0.172. The van der Waals surface area contributed by atoms with Crippen molar-refractivity contribution >= 4 is 46.9 Å². The van der Waals surface area contributed by atoms with Crippen molar-refractivity contribution in [3.8, 4) is 0 Å². The number of carbonyl (C=O) groups excluding carboxylic acids is 4. The van der Waals surface area contributed by atoms with E-state index in [2.05, 4.69) is 16.0 Å². The normalized spacial score (nSPS) is 11.6. The molecule has 3 amide bonds. The second-order valence-electron chi connectivity index (χ2n) is 12.9. The lowest BCUT2D eigenvalue weighted by Gasteiger charge is -2.24. The minimum Gasteiger partial charge on any atom is -0.456 e. The summed E-state index contributed by atoms with van der Waals surface area (Å²) >= 11 is 6.25. The van der Waals surface area contributed by atoms with Gasteiger partial charge in [0.15, 0.2) is 6.10 Å². The van der Waals surface area contributed by atoms with Crippen molar-refractivity contribution < 1.29 is 37.4 Å². The van der Waals surface area contributed by atoms with Crippen LogP contribution in [0.2, 0.25) is 5.02 Å². The van der Waals surface area contributed by atoms with Crippen LogP contribution in [0.3, 0.4) is 0 Å². The monoisotopic (exact) mass is 767 g/mol. The summed E-state index contributed by atoms with van der Waals surface area (Å²) in [6, 6.07) is 33.2. The van der Waals surface area contributed by atoms with Crippen LogP contribution in [0.5, 0.6) is 0 Å². The zero-order valence-electron chi connectivity index (χ0n) is 30.2. The number of rotatable bonds is 15. The number of amides is 3. The zero-order chi connectivity index (χ0) is 39.4. The summed E-state index contributed by atoms with van der Waals surface area (Å²) < 4.78 is 41.1. The first kappa shape index (κ1) is 40.1. The van der Waals surface area contributed by atoms with Crippen LogP contribution < -0.4 is 16.0 Å². The molecule has 5 rings (SSSR count). The first-order valence-electron chi connectivity index (χ1n) is 17.5. The largest absolute Gasteiger partial charge is 0.456 e. The highest BCUT2D eigenvalue weighted by Crippen LogP contribution is 2.34. The van der Waals surface area contributed by atoms with E-state index in [1.807, 2.05) is 55.5 Å². The SMILES string of the molecule is Cc1ccc(CNC(=O)c2ccc(NC(=O)Cc3ccc(C(F)(F)C(C)OC(=O)CCc4ccccc4NC(=O)OCc4ccccc4)cc3)cc2)c(Cl)c1. The minimum atomic E-state index is -3.52. The molecule has 0 aliphatic carbocycles. The van der Waals surface area contributed by atoms with Gasteiger partial charge in [0.1, 0.15) is 6.61 Å². The fourth-order valence-electron chi connectivity index (χ4n) is 5.54. The predicted molar refractivity (Wildman–Crippen MR) is 207 cm³/mol. The van der Waals surface area contributed by atoms with Crippen LogP contribution in [0.1, 0.15) is 57.1 Å². The molecule has 5 aromatic rings. The molecule has 5 aromatic carbocycles. The molecule has 55 heavy (non-hydrogen) atoms. The molecule has 0 fully saturated rings. The Kier molecular flexibility index (Phi) is 13.7. The van der Waals surface area contributed by atoms with Gasteiger partial charge in [-0.1, -0.05) is 96.5 Å². The van der Waals surface area contributed by atoms with Crippen LogP contribution >= 0.6 is 11.6 Å². The van der Waals surface area contributed by atoms with Crippen molar-refractivity contribution in [2.24, 2.45) is 0 Å². The number of alkyl halides is 2. The molecule has 9 nitrogen and oxygen atoms in total. The van der Waals surface area contributed by atoms with Gasteiger partial charge in [-0.2, -0.15) is 8.78 Å². The van der Waals surface area contributed by atoms with Gasteiger partial charge in [0.2, 0.25) is 5.91 Å².